The number of rotatable bonds is 5. The van der Waals surface area contributed by atoms with E-state index in [1.54, 1.807) is 12.1 Å². The highest BCUT2D eigenvalue weighted by Gasteiger charge is 2.35. The standard InChI is InChI=1S/C24H22N4O4S/c29-21(25-18-9-10-18)15-7-5-14(6-8-15)19-13-33-23(26-19)27-22(30)20-11-16-3-1-2-4-17(16)12-28(20)24(31)32/h1-8,13,18,20H,9-12H2,(H,25,29)(H,31,32)(H,26,27,30). The van der Waals surface area contributed by atoms with E-state index in [9.17, 15) is 19.5 Å². The fourth-order valence-corrected chi connectivity index (χ4v) is 4.62. The maximum atomic E-state index is 13.0. The summed E-state index contributed by atoms with van der Waals surface area (Å²) >= 11 is 1.27. The zero-order chi connectivity index (χ0) is 22.9. The molecule has 3 N–H and O–H groups in total. The Kier molecular flexibility index (Phi) is 5.55. The molecule has 1 aromatic heterocycles. The Labute approximate surface area is 194 Å². The Morgan fingerprint density at radius 2 is 1.76 bits per heavy atom. The fraction of sp³-hybridized carbons (Fsp3) is 0.250. The molecule has 5 rings (SSSR count). The van der Waals surface area contributed by atoms with Crippen molar-refractivity contribution in [2.75, 3.05) is 5.32 Å². The second-order valence-electron chi connectivity index (χ2n) is 8.25. The van der Waals surface area contributed by atoms with Crippen LogP contribution in [0.25, 0.3) is 11.3 Å². The summed E-state index contributed by atoms with van der Waals surface area (Å²) < 4.78 is 0. The SMILES string of the molecule is O=C(NC1CC1)c1ccc(-c2csc(NC(=O)C3Cc4ccccc4CN3C(=O)O)n2)cc1. The van der Waals surface area contributed by atoms with Crippen molar-refractivity contribution in [3.05, 3.63) is 70.6 Å². The third-order valence-corrected chi connectivity index (χ3v) is 6.64. The van der Waals surface area contributed by atoms with E-state index in [2.05, 4.69) is 15.6 Å². The van der Waals surface area contributed by atoms with Crippen LogP contribution in [0, 0.1) is 0 Å². The second kappa shape index (κ2) is 8.67. The van der Waals surface area contributed by atoms with E-state index in [1.165, 1.54) is 11.3 Å². The number of carboxylic acid groups (broad SMARTS) is 1. The number of benzene rings is 2. The lowest BCUT2D eigenvalue weighted by Crippen LogP contribution is -2.50. The number of nitrogens with zero attached hydrogens (tertiary/aromatic N) is 2. The van der Waals surface area contributed by atoms with Gasteiger partial charge >= 0.3 is 6.09 Å². The number of hydrogen-bond donors (Lipinski definition) is 3. The molecule has 1 fully saturated rings. The summed E-state index contributed by atoms with van der Waals surface area (Å²) in [6.07, 6.45) is 1.26. The second-order valence-corrected chi connectivity index (χ2v) is 9.11. The minimum Gasteiger partial charge on any atom is -0.465 e. The van der Waals surface area contributed by atoms with Crippen LogP contribution in [-0.4, -0.2) is 45.0 Å². The van der Waals surface area contributed by atoms with Gasteiger partial charge in [0.05, 0.1) is 12.2 Å². The van der Waals surface area contributed by atoms with Crippen LogP contribution in [0.4, 0.5) is 9.93 Å². The van der Waals surface area contributed by atoms with Gasteiger partial charge in [0.1, 0.15) is 6.04 Å². The van der Waals surface area contributed by atoms with E-state index in [-0.39, 0.29) is 12.5 Å². The van der Waals surface area contributed by atoms with Gasteiger partial charge in [-0.05, 0) is 36.1 Å². The average molecular weight is 463 g/mol. The summed E-state index contributed by atoms with van der Waals surface area (Å²) in [4.78, 5) is 42.5. The molecule has 0 saturated heterocycles. The largest absolute Gasteiger partial charge is 0.465 e. The van der Waals surface area contributed by atoms with Gasteiger partial charge in [0.2, 0.25) is 5.91 Å². The number of aromatic nitrogens is 1. The molecule has 0 bridgehead atoms. The van der Waals surface area contributed by atoms with Crippen LogP contribution < -0.4 is 10.6 Å². The molecule has 2 heterocycles. The first kappa shape index (κ1) is 21.1. The summed E-state index contributed by atoms with van der Waals surface area (Å²) in [5.74, 6) is -0.479. The normalized spacial score (nSPS) is 17.2. The van der Waals surface area contributed by atoms with E-state index in [0.717, 1.165) is 34.4 Å². The van der Waals surface area contributed by atoms with Gasteiger partial charge in [-0.15, -0.1) is 11.3 Å². The predicted octanol–water partition coefficient (Wildman–Crippen LogP) is 3.75. The number of amides is 3. The highest BCUT2D eigenvalue weighted by atomic mass is 32.1. The van der Waals surface area contributed by atoms with Gasteiger partial charge in [-0.25, -0.2) is 9.78 Å². The minimum atomic E-state index is -1.13. The molecule has 9 heteroatoms. The van der Waals surface area contributed by atoms with Crippen molar-refractivity contribution in [3.8, 4) is 11.3 Å². The molecule has 3 amide bonds. The number of thiazole rings is 1. The molecule has 0 radical (unpaired) electrons. The molecule has 2 aliphatic rings. The van der Waals surface area contributed by atoms with Gasteiger partial charge in [-0.2, -0.15) is 0 Å². The Morgan fingerprint density at radius 1 is 1.03 bits per heavy atom. The number of carbonyl (C=O) groups is 3. The molecule has 1 saturated carbocycles. The summed E-state index contributed by atoms with van der Waals surface area (Å²) in [5, 5.41) is 17.6. The zero-order valence-corrected chi connectivity index (χ0v) is 18.5. The molecular formula is C24H22N4O4S. The monoisotopic (exact) mass is 462 g/mol. The minimum absolute atomic E-state index is 0.0766. The number of nitrogens with one attached hydrogen (secondary N) is 2. The smallest absolute Gasteiger partial charge is 0.408 e. The third kappa shape index (κ3) is 4.58. The molecule has 1 aliphatic carbocycles. The topological polar surface area (TPSA) is 112 Å². The summed E-state index contributed by atoms with van der Waals surface area (Å²) in [7, 11) is 0. The van der Waals surface area contributed by atoms with Crippen LogP contribution >= 0.6 is 11.3 Å². The molecule has 0 spiro atoms. The first-order valence-electron chi connectivity index (χ1n) is 10.7. The Balaban J connectivity index is 1.27. The Hall–Kier alpha value is -3.72. The molecule has 33 heavy (non-hydrogen) atoms. The number of carbonyl (C=O) groups excluding carboxylic acids is 2. The Morgan fingerprint density at radius 3 is 2.45 bits per heavy atom. The fourth-order valence-electron chi connectivity index (χ4n) is 3.90. The summed E-state index contributed by atoms with van der Waals surface area (Å²) in [5.41, 5.74) is 3.98. The van der Waals surface area contributed by atoms with Crippen LogP contribution in [-0.2, 0) is 17.8 Å². The zero-order valence-electron chi connectivity index (χ0n) is 17.7. The van der Waals surface area contributed by atoms with E-state index in [1.807, 2.05) is 41.8 Å². The lowest BCUT2D eigenvalue weighted by atomic mass is 9.94. The van der Waals surface area contributed by atoms with Crippen molar-refractivity contribution in [1.82, 2.24) is 15.2 Å². The van der Waals surface area contributed by atoms with E-state index in [4.69, 9.17) is 0 Å². The number of hydrogen-bond acceptors (Lipinski definition) is 5. The molecule has 1 atom stereocenters. The van der Waals surface area contributed by atoms with E-state index >= 15 is 0 Å². The van der Waals surface area contributed by atoms with Crippen LogP contribution in [0.3, 0.4) is 0 Å². The van der Waals surface area contributed by atoms with Gasteiger partial charge in [0.15, 0.2) is 5.13 Å². The van der Waals surface area contributed by atoms with Gasteiger partial charge in [-0.1, -0.05) is 36.4 Å². The van der Waals surface area contributed by atoms with Crippen LogP contribution in [0.1, 0.15) is 34.3 Å². The molecule has 1 aliphatic heterocycles. The van der Waals surface area contributed by atoms with E-state index < -0.39 is 18.0 Å². The van der Waals surface area contributed by atoms with Gasteiger partial charge in [0.25, 0.3) is 5.91 Å². The predicted molar refractivity (Wildman–Crippen MR) is 124 cm³/mol. The lowest BCUT2D eigenvalue weighted by molar-refractivity contribution is -0.121. The quantitative estimate of drug-likeness (QED) is 0.535. The first-order chi connectivity index (χ1) is 16.0. The molecule has 168 valence electrons. The summed E-state index contributed by atoms with van der Waals surface area (Å²) in [6.45, 7) is 0.174. The number of anilines is 1. The van der Waals surface area contributed by atoms with Crippen molar-refractivity contribution >= 4 is 34.4 Å². The highest BCUT2D eigenvalue weighted by molar-refractivity contribution is 7.14. The van der Waals surface area contributed by atoms with Crippen molar-refractivity contribution < 1.29 is 19.5 Å². The highest BCUT2D eigenvalue weighted by Crippen LogP contribution is 2.28. The van der Waals surface area contributed by atoms with Crippen LogP contribution in [0.15, 0.2) is 53.9 Å². The summed E-state index contributed by atoms with van der Waals surface area (Å²) in [6, 6.07) is 14.2. The van der Waals surface area contributed by atoms with Gasteiger partial charge < -0.3 is 15.7 Å². The van der Waals surface area contributed by atoms with Crippen molar-refractivity contribution in [2.45, 2.75) is 37.9 Å². The molecule has 2 aromatic carbocycles. The van der Waals surface area contributed by atoms with Crippen LogP contribution in [0.2, 0.25) is 0 Å². The van der Waals surface area contributed by atoms with Crippen molar-refractivity contribution in [1.29, 1.82) is 0 Å². The van der Waals surface area contributed by atoms with Crippen molar-refractivity contribution in [3.63, 3.8) is 0 Å². The Bertz CT molecular complexity index is 1220. The average Bonchev–Trinajstić information content (AvgIpc) is 3.52. The first-order valence-corrected chi connectivity index (χ1v) is 11.6. The number of fused-ring (bicyclic) bond motifs is 1. The maximum Gasteiger partial charge on any atom is 0.408 e. The van der Waals surface area contributed by atoms with Gasteiger partial charge in [-0.3, -0.25) is 14.5 Å². The van der Waals surface area contributed by atoms with Crippen molar-refractivity contribution in [2.24, 2.45) is 0 Å². The van der Waals surface area contributed by atoms with Gasteiger partial charge in [0, 0.05) is 29.0 Å². The van der Waals surface area contributed by atoms with Crippen LogP contribution in [0.5, 0.6) is 0 Å². The molecular weight excluding hydrogens is 440 g/mol. The molecule has 3 aromatic rings. The lowest BCUT2D eigenvalue weighted by Gasteiger charge is -2.33. The third-order valence-electron chi connectivity index (χ3n) is 5.89. The maximum absolute atomic E-state index is 13.0. The molecule has 8 nitrogen and oxygen atoms in total. The van der Waals surface area contributed by atoms with E-state index in [0.29, 0.717) is 28.9 Å². The molecule has 1 unspecified atom stereocenters.